The van der Waals surface area contributed by atoms with Crippen LogP contribution in [0.4, 0.5) is 4.79 Å². The molecule has 1 aromatic rings. The first-order valence-corrected chi connectivity index (χ1v) is 12.1. The number of alkyl carbamates (subject to hydrolysis) is 1. The number of terminal acetylenes is 1. The van der Waals surface area contributed by atoms with Crippen LogP contribution in [0.15, 0.2) is 24.3 Å². The number of amides is 3. The summed E-state index contributed by atoms with van der Waals surface area (Å²) < 4.78 is 5.25. The van der Waals surface area contributed by atoms with Gasteiger partial charge in [0.2, 0.25) is 11.8 Å². The Kier molecular flexibility index (Phi) is 12.2. The molecule has 0 bridgehead atoms. The van der Waals surface area contributed by atoms with Crippen molar-refractivity contribution in [1.29, 1.82) is 0 Å². The highest BCUT2D eigenvalue weighted by Crippen LogP contribution is 2.23. The number of rotatable bonds is 12. The molecule has 0 radical (unpaired) electrons. The van der Waals surface area contributed by atoms with Crippen molar-refractivity contribution in [3.05, 3.63) is 35.4 Å². The van der Waals surface area contributed by atoms with Crippen molar-refractivity contribution in [1.82, 2.24) is 15.5 Å². The summed E-state index contributed by atoms with van der Waals surface area (Å²) in [6.45, 7) is 11.3. The Morgan fingerprint density at radius 3 is 2.21 bits per heavy atom. The molecular weight excluding hydrogens is 430 g/mol. The van der Waals surface area contributed by atoms with Crippen LogP contribution in [0.25, 0.3) is 0 Å². The van der Waals surface area contributed by atoms with Gasteiger partial charge in [0.05, 0.1) is 0 Å². The normalized spacial score (nSPS) is 11.9. The van der Waals surface area contributed by atoms with Gasteiger partial charge < -0.3 is 20.3 Å². The van der Waals surface area contributed by atoms with Crippen LogP contribution in [0, 0.1) is 12.3 Å². The average molecular weight is 472 g/mol. The number of ether oxygens (including phenoxy) is 1. The summed E-state index contributed by atoms with van der Waals surface area (Å²) in [5.74, 6) is 1.94. The van der Waals surface area contributed by atoms with Crippen LogP contribution < -0.4 is 10.6 Å². The summed E-state index contributed by atoms with van der Waals surface area (Å²) in [5.41, 5.74) is 0.678. The highest BCUT2D eigenvalue weighted by Gasteiger charge is 2.31. The van der Waals surface area contributed by atoms with Crippen LogP contribution >= 0.6 is 0 Å². The summed E-state index contributed by atoms with van der Waals surface area (Å²) in [5, 5.41) is 5.45. The highest BCUT2D eigenvalue weighted by atomic mass is 16.6. The Morgan fingerprint density at radius 1 is 1.06 bits per heavy atom. The molecule has 0 saturated heterocycles. The lowest BCUT2D eigenvalue weighted by molar-refractivity contribution is -0.140. The standard InChI is InChI=1S/C27H41N3O4/c1-8-10-11-12-13-18-30(23(31)19-28-26(33)34-27(5,6)7)24(25(32)29-20(3)4)22-16-14-21(9-2)15-17-22/h2,14-17,20,24H,8,10-13,18-19H2,1,3-7H3,(H,28,33)(H,29,32). The van der Waals surface area contributed by atoms with Crippen molar-refractivity contribution in [2.45, 2.75) is 91.3 Å². The van der Waals surface area contributed by atoms with Crippen molar-refractivity contribution in [2.75, 3.05) is 13.1 Å². The number of hydrogen-bond acceptors (Lipinski definition) is 4. The number of carbonyl (C=O) groups is 3. The lowest BCUT2D eigenvalue weighted by Gasteiger charge is -2.32. The first kappa shape index (κ1) is 29.0. The van der Waals surface area contributed by atoms with Crippen LogP contribution in [0.2, 0.25) is 0 Å². The lowest BCUT2D eigenvalue weighted by atomic mass is 10.0. The second-order valence-electron chi connectivity index (χ2n) is 9.69. The van der Waals surface area contributed by atoms with E-state index in [1.165, 1.54) is 0 Å². The van der Waals surface area contributed by atoms with E-state index in [0.29, 0.717) is 17.7 Å². The number of hydrogen-bond donors (Lipinski definition) is 2. The van der Waals surface area contributed by atoms with Crippen LogP contribution in [0.5, 0.6) is 0 Å². The molecule has 0 aliphatic rings. The first-order valence-electron chi connectivity index (χ1n) is 12.1. The minimum Gasteiger partial charge on any atom is -0.444 e. The summed E-state index contributed by atoms with van der Waals surface area (Å²) in [4.78, 5) is 40.2. The molecule has 0 saturated carbocycles. The van der Waals surface area contributed by atoms with Crippen molar-refractivity contribution in [3.63, 3.8) is 0 Å². The first-order chi connectivity index (χ1) is 16.0. The van der Waals surface area contributed by atoms with E-state index in [9.17, 15) is 14.4 Å². The summed E-state index contributed by atoms with van der Waals surface area (Å²) in [6, 6.07) is 6.13. The maximum Gasteiger partial charge on any atom is 0.408 e. The molecule has 1 rings (SSSR count). The van der Waals surface area contributed by atoms with Gasteiger partial charge in [-0.3, -0.25) is 9.59 Å². The summed E-state index contributed by atoms with van der Waals surface area (Å²) >= 11 is 0. The van der Waals surface area contributed by atoms with Gasteiger partial charge in [0.15, 0.2) is 0 Å². The van der Waals surface area contributed by atoms with Gasteiger partial charge in [0.1, 0.15) is 18.2 Å². The van der Waals surface area contributed by atoms with E-state index < -0.39 is 17.7 Å². The lowest BCUT2D eigenvalue weighted by Crippen LogP contribution is -2.49. The molecule has 0 aliphatic carbocycles. The molecule has 1 atom stereocenters. The van der Waals surface area contributed by atoms with Gasteiger partial charge in [-0.15, -0.1) is 6.42 Å². The van der Waals surface area contributed by atoms with Gasteiger partial charge in [0.25, 0.3) is 0 Å². The summed E-state index contributed by atoms with van der Waals surface area (Å²) in [6.07, 6.45) is 9.81. The van der Waals surface area contributed by atoms with Gasteiger partial charge in [-0.05, 0) is 58.7 Å². The molecule has 34 heavy (non-hydrogen) atoms. The molecular formula is C27H41N3O4. The van der Waals surface area contributed by atoms with E-state index in [2.05, 4.69) is 23.5 Å². The monoisotopic (exact) mass is 471 g/mol. The maximum absolute atomic E-state index is 13.3. The SMILES string of the molecule is C#Cc1ccc(C(C(=O)NC(C)C)N(CCCCCCC)C(=O)CNC(=O)OC(C)(C)C)cc1. The van der Waals surface area contributed by atoms with Crippen molar-refractivity contribution < 1.29 is 19.1 Å². The van der Waals surface area contributed by atoms with E-state index in [4.69, 9.17) is 11.2 Å². The Balaban J connectivity index is 3.17. The van der Waals surface area contributed by atoms with E-state index in [1.54, 1.807) is 49.9 Å². The Morgan fingerprint density at radius 2 is 1.68 bits per heavy atom. The molecule has 0 aliphatic heterocycles. The smallest absolute Gasteiger partial charge is 0.408 e. The molecule has 0 spiro atoms. The number of benzene rings is 1. The van der Waals surface area contributed by atoms with Gasteiger partial charge >= 0.3 is 6.09 Å². The van der Waals surface area contributed by atoms with Crippen LogP contribution in [0.1, 0.15) is 90.8 Å². The predicted octanol–water partition coefficient (Wildman–Crippen LogP) is 4.56. The predicted molar refractivity (Wildman–Crippen MR) is 135 cm³/mol. The fourth-order valence-corrected chi connectivity index (χ4v) is 3.44. The zero-order valence-electron chi connectivity index (χ0n) is 21.6. The zero-order valence-corrected chi connectivity index (χ0v) is 21.6. The van der Waals surface area contributed by atoms with Gasteiger partial charge in [0, 0.05) is 18.2 Å². The quantitative estimate of drug-likeness (QED) is 0.346. The van der Waals surface area contributed by atoms with Gasteiger partial charge in [-0.1, -0.05) is 50.7 Å². The largest absolute Gasteiger partial charge is 0.444 e. The molecule has 0 fully saturated rings. The third-order valence-electron chi connectivity index (χ3n) is 4.99. The number of nitrogens with one attached hydrogen (secondary N) is 2. The van der Waals surface area contributed by atoms with Crippen LogP contribution in [0.3, 0.4) is 0 Å². The highest BCUT2D eigenvalue weighted by molar-refractivity contribution is 5.90. The molecule has 1 aromatic carbocycles. The van der Waals surface area contributed by atoms with Crippen LogP contribution in [-0.4, -0.2) is 47.5 Å². The minimum absolute atomic E-state index is 0.0959. The second kappa shape index (κ2) is 14.3. The molecule has 0 heterocycles. The third kappa shape index (κ3) is 10.7. The molecule has 2 N–H and O–H groups in total. The zero-order chi connectivity index (χ0) is 25.7. The van der Waals surface area contributed by atoms with Gasteiger partial charge in [-0.25, -0.2) is 4.79 Å². The van der Waals surface area contributed by atoms with Crippen molar-refractivity contribution >= 4 is 17.9 Å². The average Bonchev–Trinajstić information content (AvgIpc) is 2.75. The summed E-state index contributed by atoms with van der Waals surface area (Å²) in [7, 11) is 0. The molecule has 7 nitrogen and oxygen atoms in total. The molecule has 3 amide bonds. The molecule has 188 valence electrons. The topological polar surface area (TPSA) is 87.7 Å². The Hall–Kier alpha value is -3.01. The van der Waals surface area contributed by atoms with Gasteiger partial charge in [-0.2, -0.15) is 0 Å². The Bertz CT molecular complexity index is 835. The fraction of sp³-hybridized carbons (Fsp3) is 0.593. The van der Waals surface area contributed by atoms with Crippen molar-refractivity contribution in [3.8, 4) is 12.3 Å². The number of nitrogens with zero attached hydrogens (tertiary/aromatic N) is 1. The number of unbranched alkanes of at least 4 members (excludes halogenated alkanes) is 4. The number of carbonyl (C=O) groups excluding carboxylic acids is 3. The minimum atomic E-state index is -0.840. The molecule has 1 unspecified atom stereocenters. The van der Waals surface area contributed by atoms with E-state index in [1.807, 2.05) is 13.8 Å². The molecule has 7 heteroatoms. The fourth-order valence-electron chi connectivity index (χ4n) is 3.44. The van der Waals surface area contributed by atoms with E-state index in [0.717, 1.165) is 32.1 Å². The van der Waals surface area contributed by atoms with E-state index >= 15 is 0 Å². The second-order valence-corrected chi connectivity index (χ2v) is 9.69. The molecule has 0 aromatic heterocycles. The third-order valence-corrected chi connectivity index (χ3v) is 4.99. The maximum atomic E-state index is 13.3. The van der Waals surface area contributed by atoms with Crippen LogP contribution in [-0.2, 0) is 14.3 Å². The Labute approximate surface area is 205 Å². The van der Waals surface area contributed by atoms with Crippen molar-refractivity contribution in [2.24, 2.45) is 0 Å². The van der Waals surface area contributed by atoms with E-state index in [-0.39, 0.29) is 24.4 Å².